The molecule has 0 radical (unpaired) electrons. The minimum atomic E-state index is -3.28. The molecular formula is C29H30F3N5O3S. The topological polar surface area (TPSA) is 112 Å². The number of nitrogens with two attached hydrogens (primary N) is 1. The normalized spacial score (nSPS) is 24.3. The minimum Gasteiger partial charge on any atom is -0.374 e. The summed E-state index contributed by atoms with van der Waals surface area (Å²) in [6.45, 7) is 1.44. The van der Waals surface area contributed by atoms with Gasteiger partial charge in [-0.3, -0.25) is 4.98 Å². The molecule has 4 aromatic rings. The smallest absolute Gasteiger partial charge is 0.182 e. The fourth-order valence-electron chi connectivity index (χ4n) is 6.42. The van der Waals surface area contributed by atoms with Crippen molar-refractivity contribution in [3.63, 3.8) is 0 Å². The number of imidazole rings is 1. The largest absolute Gasteiger partial charge is 0.374 e. The van der Waals surface area contributed by atoms with E-state index in [9.17, 15) is 12.8 Å². The van der Waals surface area contributed by atoms with E-state index >= 15 is 8.78 Å². The van der Waals surface area contributed by atoms with Gasteiger partial charge in [0.25, 0.3) is 0 Å². The molecule has 6 rings (SSSR count). The van der Waals surface area contributed by atoms with Crippen LogP contribution in [0.25, 0.3) is 16.8 Å². The van der Waals surface area contributed by atoms with Crippen molar-refractivity contribution in [3.8, 4) is 11.3 Å². The summed E-state index contributed by atoms with van der Waals surface area (Å²) in [6.07, 6.45) is 7.81. The third-order valence-corrected chi connectivity index (χ3v) is 10.2. The lowest BCUT2D eigenvalue weighted by molar-refractivity contribution is -0.135. The molecule has 41 heavy (non-hydrogen) atoms. The van der Waals surface area contributed by atoms with E-state index in [4.69, 9.17) is 10.5 Å². The predicted octanol–water partition coefficient (Wildman–Crippen LogP) is 4.11. The van der Waals surface area contributed by atoms with Crippen LogP contribution in [0.2, 0.25) is 0 Å². The van der Waals surface area contributed by atoms with Gasteiger partial charge in [0.15, 0.2) is 15.5 Å². The van der Waals surface area contributed by atoms with Crippen molar-refractivity contribution in [3.05, 3.63) is 83.1 Å². The Bertz CT molecular complexity index is 1710. The second kappa shape index (κ2) is 10.2. The number of hydrogen-bond donors (Lipinski definition) is 1. The average molecular weight is 586 g/mol. The van der Waals surface area contributed by atoms with E-state index in [1.807, 2.05) is 13.0 Å². The number of aromatic nitrogens is 4. The predicted molar refractivity (Wildman–Crippen MR) is 147 cm³/mol. The zero-order valence-electron chi connectivity index (χ0n) is 22.6. The summed E-state index contributed by atoms with van der Waals surface area (Å²) in [6, 6.07) is 6.59. The summed E-state index contributed by atoms with van der Waals surface area (Å²) in [7, 11) is -3.28. The van der Waals surface area contributed by atoms with Gasteiger partial charge in [-0.25, -0.2) is 31.1 Å². The Morgan fingerprint density at radius 1 is 1.12 bits per heavy atom. The first-order valence-electron chi connectivity index (χ1n) is 13.4. The lowest BCUT2D eigenvalue weighted by atomic mass is 9.75. The highest BCUT2D eigenvalue weighted by Crippen LogP contribution is 2.40. The van der Waals surface area contributed by atoms with Crippen molar-refractivity contribution in [1.82, 2.24) is 19.6 Å². The summed E-state index contributed by atoms with van der Waals surface area (Å²) in [4.78, 5) is 8.81. The van der Waals surface area contributed by atoms with Crippen LogP contribution < -0.4 is 5.73 Å². The van der Waals surface area contributed by atoms with Crippen molar-refractivity contribution in [2.24, 2.45) is 11.7 Å². The third-order valence-electron chi connectivity index (χ3n) is 8.35. The van der Waals surface area contributed by atoms with Gasteiger partial charge in [0.05, 0.1) is 41.4 Å². The van der Waals surface area contributed by atoms with Gasteiger partial charge in [0, 0.05) is 31.1 Å². The molecule has 3 aromatic heterocycles. The third kappa shape index (κ3) is 5.02. The molecule has 12 heteroatoms. The number of sulfone groups is 1. The van der Waals surface area contributed by atoms with Gasteiger partial charge in [0.1, 0.15) is 17.5 Å². The summed E-state index contributed by atoms with van der Waals surface area (Å²) in [5.41, 5.74) is 6.58. The highest BCUT2D eigenvalue weighted by molar-refractivity contribution is 7.91. The Kier molecular flexibility index (Phi) is 6.90. The SMILES string of the molecule is C[C@H]1C[C@@H](c2ccncc2Cc2ncc3ccc(-c4c(F)cc(C5(F)COC5)cc4F)nn23)C[C@@H](N)[C@H]1S(C)(=O)=O. The van der Waals surface area contributed by atoms with Gasteiger partial charge in [0.2, 0.25) is 0 Å². The fraction of sp³-hybridized carbons (Fsp3) is 0.414. The van der Waals surface area contributed by atoms with Crippen LogP contribution in [0.15, 0.2) is 48.9 Å². The number of pyridine rings is 1. The van der Waals surface area contributed by atoms with Gasteiger partial charge in [-0.1, -0.05) is 6.92 Å². The minimum absolute atomic E-state index is 0.0346. The first kappa shape index (κ1) is 27.8. The van der Waals surface area contributed by atoms with Gasteiger partial charge >= 0.3 is 0 Å². The fourth-order valence-corrected chi connectivity index (χ4v) is 8.12. The lowest BCUT2D eigenvalue weighted by Crippen LogP contribution is -2.48. The maximum absolute atomic E-state index is 15.1. The average Bonchev–Trinajstić information content (AvgIpc) is 3.28. The molecule has 4 heterocycles. The second-order valence-electron chi connectivity index (χ2n) is 11.4. The molecule has 1 aromatic carbocycles. The van der Waals surface area contributed by atoms with E-state index in [0.29, 0.717) is 30.6 Å². The second-order valence-corrected chi connectivity index (χ2v) is 13.6. The molecular weight excluding hydrogens is 555 g/mol. The first-order valence-corrected chi connectivity index (χ1v) is 15.4. The van der Waals surface area contributed by atoms with Gasteiger partial charge in [-0.2, -0.15) is 5.10 Å². The monoisotopic (exact) mass is 585 g/mol. The molecule has 1 saturated heterocycles. The maximum Gasteiger partial charge on any atom is 0.182 e. The number of nitrogens with zero attached hydrogens (tertiary/aromatic N) is 4. The molecule has 0 unspecified atom stereocenters. The van der Waals surface area contributed by atoms with Crippen molar-refractivity contribution in [2.75, 3.05) is 19.5 Å². The quantitative estimate of drug-likeness (QED) is 0.363. The van der Waals surface area contributed by atoms with E-state index in [1.165, 1.54) is 16.8 Å². The number of ether oxygens (including phenoxy) is 1. The number of alkyl halides is 1. The molecule has 2 N–H and O–H groups in total. The summed E-state index contributed by atoms with van der Waals surface area (Å²) >= 11 is 0. The zero-order chi connectivity index (χ0) is 29.1. The maximum atomic E-state index is 15.1. The Balaban J connectivity index is 1.32. The van der Waals surface area contributed by atoms with Crippen LogP contribution in [-0.4, -0.2) is 58.8 Å². The van der Waals surface area contributed by atoms with Crippen molar-refractivity contribution >= 4 is 15.4 Å². The Morgan fingerprint density at radius 2 is 1.85 bits per heavy atom. The first-order chi connectivity index (χ1) is 19.4. The summed E-state index contributed by atoms with van der Waals surface area (Å²) in [5, 5.41) is 3.91. The molecule has 4 atom stereocenters. The van der Waals surface area contributed by atoms with Crippen LogP contribution in [0.3, 0.4) is 0 Å². The van der Waals surface area contributed by atoms with E-state index in [0.717, 1.165) is 23.3 Å². The van der Waals surface area contributed by atoms with Crippen LogP contribution in [-0.2, 0) is 26.7 Å². The molecule has 1 aliphatic heterocycles. The van der Waals surface area contributed by atoms with Crippen LogP contribution in [0.4, 0.5) is 13.2 Å². The number of fused-ring (bicyclic) bond motifs is 1. The van der Waals surface area contributed by atoms with Gasteiger partial charge < -0.3 is 10.5 Å². The Morgan fingerprint density at radius 3 is 2.49 bits per heavy atom. The van der Waals surface area contributed by atoms with Crippen LogP contribution in [0.1, 0.15) is 48.2 Å². The number of halogens is 3. The van der Waals surface area contributed by atoms with E-state index in [2.05, 4.69) is 15.1 Å². The molecule has 2 aliphatic rings. The van der Waals surface area contributed by atoms with E-state index in [1.54, 1.807) is 24.7 Å². The molecule has 8 nitrogen and oxygen atoms in total. The highest BCUT2D eigenvalue weighted by Gasteiger charge is 2.42. The molecule has 1 aliphatic carbocycles. The van der Waals surface area contributed by atoms with Crippen molar-refractivity contribution in [1.29, 1.82) is 0 Å². The van der Waals surface area contributed by atoms with Crippen LogP contribution in [0, 0.1) is 17.6 Å². The number of rotatable bonds is 6. The van der Waals surface area contributed by atoms with E-state index in [-0.39, 0.29) is 41.9 Å². The standard InChI is InChI=1S/C29H30F3N5O3S/c1-16-7-17(8-24(33)28(16)41(2,38)39)21-5-6-34-12-18(21)9-26-35-13-20-3-4-25(36-37(20)26)27-22(30)10-19(11-23(27)31)29(32)14-40-15-29/h3-6,10-13,16-17,24,28H,7-9,14-15,33H2,1-2H3/t16-,17+,24+,28-/m0/s1. The van der Waals surface area contributed by atoms with Gasteiger partial charge in [-0.15, -0.1) is 0 Å². The molecule has 2 fully saturated rings. The summed E-state index contributed by atoms with van der Waals surface area (Å²) < 4.78 is 76.0. The van der Waals surface area contributed by atoms with Gasteiger partial charge in [-0.05, 0) is 71.7 Å². The van der Waals surface area contributed by atoms with Crippen molar-refractivity contribution in [2.45, 2.75) is 49.1 Å². The Labute approximate surface area is 235 Å². The van der Waals surface area contributed by atoms with Crippen LogP contribution in [0.5, 0.6) is 0 Å². The number of benzene rings is 1. The molecule has 1 saturated carbocycles. The lowest BCUT2D eigenvalue weighted by Gasteiger charge is -2.38. The molecule has 0 spiro atoms. The molecule has 216 valence electrons. The van der Waals surface area contributed by atoms with Crippen LogP contribution >= 0.6 is 0 Å². The Hall–Kier alpha value is -3.35. The highest BCUT2D eigenvalue weighted by atomic mass is 32.2. The zero-order valence-corrected chi connectivity index (χ0v) is 23.4. The number of hydrogen-bond acceptors (Lipinski definition) is 7. The summed E-state index contributed by atoms with van der Waals surface area (Å²) in [5.74, 6) is -1.38. The molecule has 0 bridgehead atoms. The van der Waals surface area contributed by atoms with Crippen molar-refractivity contribution < 1.29 is 26.3 Å². The molecule has 0 amide bonds. The van der Waals surface area contributed by atoms with E-state index < -0.39 is 38.4 Å².